The summed E-state index contributed by atoms with van der Waals surface area (Å²) in [5.41, 5.74) is 0.0982. The highest BCUT2D eigenvalue weighted by Gasteiger charge is 2.36. The predicted molar refractivity (Wildman–Crippen MR) is 92.8 cm³/mol. The van der Waals surface area contributed by atoms with Crippen LogP contribution in [0.1, 0.15) is 92.4 Å². The van der Waals surface area contributed by atoms with Crippen molar-refractivity contribution in [2.45, 2.75) is 110 Å². The maximum absolute atomic E-state index is 6.60. The molecule has 0 spiro atoms. The first kappa shape index (κ1) is 19.0. The van der Waals surface area contributed by atoms with Crippen molar-refractivity contribution in [1.82, 2.24) is 5.32 Å². The van der Waals surface area contributed by atoms with Crippen LogP contribution < -0.4 is 5.32 Å². The molecule has 2 heteroatoms. The monoisotopic (exact) mass is 297 g/mol. The SMILES string of the molecule is CCCCCCC(C)OC1(CNC(C)C)CCC(C)CC1. The summed E-state index contributed by atoms with van der Waals surface area (Å²) in [6.07, 6.45) is 12.1. The summed E-state index contributed by atoms with van der Waals surface area (Å²) in [7, 11) is 0. The van der Waals surface area contributed by atoms with Crippen LogP contribution in [0.15, 0.2) is 0 Å². The van der Waals surface area contributed by atoms with Crippen LogP contribution in [0.25, 0.3) is 0 Å². The zero-order chi connectivity index (χ0) is 15.7. The lowest BCUT2D eigenvalue weighted by Gasteiger charge is -2.42. The minimum absolute atomic E-state index is 0.0982. The smallest absolute Gasteiger partial charge is 0.0810 e. The Bertz CT molecular complexity index is 256. The second kappa shape index (κ2) is 9.84. The molecule has 2 nitrogen and oxygen atoms in total. The van der Waals surface area contributed by atoms with Gasteiger partial charge in [-0.25, -0.2) is 0 Å². The van der Waals surface area contributed by atoms with E-state index < -0.39 is 0 Å². The fourth-order valence-corrected chi connectivity index (χ4v) is 3.36. The Kier molecular flexibility index (Phi) is 8.89. The van der Waals surface area contributed by atoms with Crippen molar-refractivity contribution < 1.29 is 4.74 Å². The summed E-state index contributed by atoms with van der Waals surface area (Å²) < 4.78 is 6.60. The van der Waals surface area contributed by atoms with Crippen molar-refractivity contribution in [1.29, 1.82) is 0 Å². The summed E-state index contributed by atoms with van der Waals surface area (Å²) in [5.74, 6) is 0.876. The van der Waals surface area contributed by atoms with Crippen molar-refractivity contribution in [3.05, 3.63) is 0 Å². The normalized spacial score (nSPS) is 28.0. The molecule has 0 radical (unpaired) electrons. The van der Waals surface area contributed by atoms with Gasteiger partial charge in [0.2, 0.25) is 0 Å². The molecule has 0 bridgehead atoms. The second-order valence-electron chi connectivity index (χ2n) is 7.68. The van der Waals surface area contributed by atoms with Gasteiger partial charge in [0, 0.05) is 12.6 Å². The molecule has 0 aromatic heterocycles. The Morgan fingerprint density at radius 1 is 1.10 bits per heavy atom. The molecule has 1 fully saturated rings. The molecule has 21 heavy (non-hydrogen) atoms. The van der Waals surface area contributed by atoms with Gasteiger partial charge in [0.05, 0.1) is 11.7 Å². The Hall–Kier alpha value is -0.0800. The lowest BCUT2D eigenvalue weighted by Crippen LogP contribution is -2.49. The Balaban J connectivity index is 2.44. The molecule has 1 rings (SSSR count). The van der Waals surface area contributed by atoms with E-state index in [-0.39, 0.29) is 5.60 Å². The largest absolute Gasteiger partial charge is 0.371 e. The van der Waals surface area contributed by atoms with Gasteiger partial charge in [0.1, 0.15) is 0 Å². The Labute approximate surface area is 133 Å². The molecular formula is C19H39NO. The molecule has 1 aliphatic rings. The van der Waals surface area contributed by atoms with Crippen LogP contribution in [0.2, 0.25) is 0 Å². The average molecular weight is 298 g/mol. The van der Waals surface area contributed by atoms with Gasteiger partial charge in [-0.05, 0) is 44.9 Å². The molecule has 0 amide bonds. The van der Waals surface area contributed by atoms with Crippen LogP contribution in [0.3, 0.4) is 0 Å². The van der Waals surface area contributed by atoms with Crippen LogP contribution in [0, 0.1) is 5.92 Å². The Morgan fingerprint density at radius 3 is 2.33 bits per heavy atom. The van der Waals surface area contributed by atoms with E-state index in [9.17, 15) is 0 Å². The maximum atomic E-state index is 6.60. The van der Waals surface area contributed by atoms with E-state index in [2.05, 4.69) is 39.9 Å². The standard InChI is InChI=1S/C19H39NO/c1-6-7-8-9-10-18(5)21-19(15-20-16(2)3)13-11-17(4)12-14-19/h16-18,20H,6-15H2,1-5H3. The first-order valence-corrected chi connectivity index (χ1v) is 9.38. The maximum Gasteiger partial charge on any atom is 0.0810 e. The van der Waals surface area contributed by atoms with Gasteiger partial charge >= 0.3 is 0 Å². The van der Waals surface area contributed by atoms with Crippen LogP contribution in [0.5, 0.6) is 0 Å². The zero-order valence-corrected chi connectivity index (χ0v) is 15.2. The average Bonchev–Trinajstić information content (AvgIpc) is 2.45. The number of ether oxygens (including phenoxy) is 1. The lowest BCUT2D eigenvalue weighted by molar-refractivity contribution is -0.114. The minimum atomic E-state index is 0.0982. The van der Waals surface area contributed by atoms with Gasteiger partial charge < -0.3 is 10.1 Å². The molecular weight excluding hydrogens is 258 g/mol. The van der Waals surface area contributed by atoms with Crippen LogP contribution in [-0.2, 0) is 4.74 Å². The van der Waals surface area contributed by atoms with Crippen molar-refractivity contribution in [3.8, 4) is 0 Å². The molecule has 1 N–H and O–H groups in total. The lowest BCUT2D eigenvalue weighted by atomic mass is 9.79. The number of unbranched alkanes of at least 4 members (excludes halogenated alkanes) is 3. The first-order chi connectivity index (χ1) is 9.97. The van der Waals surface area contributed by atoms with Crippen LogP contribution in [-0.4, -0.2) is 24.3 Å². The highest BCUT2D eigenvalue weighted by Crippen LogP contribution is 2.36. The van der Waals surface area contributed by atoms with Crippen molar-refractivity contribution >= 4 is 0 Å². The van der Waals surface area contributed by atoms with Gasteiger partial charge in [-0.1, -0.05) is 53.4 Å². The van der Waals surface area contributed by atoms with E-state index in [0.29, 0.717) is 12.1 Å². The van der Waals surface area contributed by atoms with Crippen LogP contribution in [0.4, 0.5) is 0 Å². The van der Waals surface area contributed by atoms with E-state index in [1.54, 1.807) is 0 Å². The number of nitrogens with one attached hydrogen (secondary N) is 1. The third kappa shape index (κ3) is 7.65. The minimum Gasteiger partial charge on any atom is -0.371 e. The molecule has 1 atom stereocenters. The highest BCUT2D eigenvalue weighted by atomic mass is 16.5. The van der Waals surface area contributed by atoms with Gasteiger partial charge in [-0.15, -0.1) is 0 Å². The molecule has 0 aliphatic heterocycles. The molecule has 0 aromatic carbocycles. The third-order valence-corrected chi connectivity index (χ3v) is 4.93. The molecule has 1 unspecified atom stereocenters. The molecule has 1 aliphatic carbocycles. The molecule has 0 saturated heterocycles. The van der Waals surface area contributed by atoms with E-state index >= 15 is 0 Å². The fourth-order valence-electron chi connectivity index (χ4n) is 3.36. The fraction of sp³-hybridized carbons (Fsp3) is 1.00. The van der Waals surface area contributed by atoms with E-state index in [1.807, 2.05) is 0 Å². The van der Waals surface area contributed by atoms with E-state index in [4.69, 9.17) is 4.74 Å². The van der Waals surface area contributed by atoms with Crippen molar-refractivity contribution in [3.63, 3.8) is 0 Å². The van der Waals surface area contributed by atoms with Gasteiger partial charge in [0.15, 0.2) is 0 Å². The van der Waals surface area contributed by atoms with E-state index in [0.717, 1.165) is 12.5 Å². The Morgan fingerprint density at radius 2 is 1.76 bits per heavy atom. The molecule has 126 valence electrons. The summed E-state index contributed by atoms with van der Waals surface area (Å²) in [6.45, 7) is 12.4. The van der Waals surface area contributed by atoms with Gasteiger partial charge in [-0.3, -0.25) is 0 Å². The summed E-state index contributed by atoms with van der Waals surface area (Å²) in [4.78, 5) is 0. The highest BCUT2D eigenvalue weighted by molar-refractivity contribution is 4.89. The summed E-state index contributed by atoms with van der Waals surface area (Å²) in [6, 6.07) is 0.546. The van der Waals surface area contributed by atoms with Crippen LogP contribution >= 0.6 is 0 Å². The number of rotatable bonds is 10. The molecule has 1 saturated carbocycles. The van der Waals surface area contributed by atoms with Crippen molar-refractivity contribution in [2.24, 2.45) is 5.92 Å². The first-order valence-electron chi connectivity index (χ1n) is 9.38. The number of hydrogen-bond donors (Lipinski definition) is 1. The van der Waals surface area contributed by atoms with Gasteiger partial charge in [-0.2, -0.15) is 0 Å². The number of hydrogen-bond acceptors (Lipinski definition) is 2. The zero-order valence-electron chi connectivity index (χ0n) is 15.2. The second-order valence-corrected chi connectivity index (χ2v) is 7.68. The quantitative estimate of drug-likeness (QED) is 0.552. The third-order valence-electron chi connectivity index (χ3n) is 4.93. The molecule has 0 heterocycles. The molecule has 0 aromatic rings. The van der Waals surface area contributed by atoms with Crippen molar-refractivity contribution in [2.75, 3.05) is 6.54 Å². The topological polar surface area (TPSA) is 21.3 Å². The summed E-state index contributed by atoms with van der Waals surface area (Å²) >= 11 is 0. The summed E-state index contributed by atoms with van der Waals surface area (Å²) in [5, 5.41) is 3.63. The van der Waals surface area contributed by atoms with Gasteiger partial charge in [0.25, 0.3) is 0 Å². The van der Waals surface area contributed by atoms with E-state index in [1.165, 1.54) is 57.8 Å². The predicted octanol–water partition coefficient (Wildman–Crippen LogP) is 5.31.